The van der Waals surface area contributed by atoms with Crippen molar-refractivity contribution in [1.82, 2.24) is 9.88 Å². The second-order valence-electron chi connectivity index (χ2n) is 2.97. The van der Waals surface area contributed by atoms with Gasteiger partial charge in [0.1, 0.15) is 0 Å². The van der Waals surface area contributed by atoms with E-state index in [2.05, 4.69) is 4.98 Å². The van der Waals surface area contributed by atoms with Crippen LogP contribution in [0.5, 0.6) is 0 Å². The van der Waals surface area contributed by atoms with Gasteiger partial charge in [-0.1, -0.05) is 11.6 Å². The first-order valence-electron chi connectivity index (χ1n) is 4.70. The predicted octanol–water partition coefficient (Wildman–Crippen LogP) is 2.36. The van der Waals surface area contributed by atoms with Gasteiger partial charge < -0.3 is 4.90 Å². The Balaban J connectivity index is 2.96. The third-order valence-electron chi connectivity index (χ3n) is 2.09. The first-order valence-corrected chi connectivity index (χ1v) is 5.08. The molecule has 0 atom stereocenters. The number of carbonyl (C=O) groups excluding carboxylic acids is 1. The van der Waals surface area contributed by atoms with Crippen molar-refractivity contribution in [3.63, 3.8) is 0 Å². The van der Waals surface area contributed by atoms with Crippen molar-refractivity contribution in [1.29, 1.82) is 0 Å². The number of rotatable bonds is 3. The molecule has 0 aliphatic carbocycles. The maximum atomic E-state index is 13.0. The van der Waals surface area contributed by atoms with Crippen LogP contribution in [-0.4, -0.2) is 28.9 Å². The van der Waals surface area contributed by atoms with Gasteiger partial charge in [0.15, 0.2) is 11.0 Å². The van der Waals surface area contributed by atoms with E-state index in [1.54, 1.807) is 4.90 Å². The molecule has 0 saturated carbocycles. The van der Waals surface area contributed by atoms with Crippen LogP contribution in [0.25, 0.3) is 0 Å². The van der Waals surface area contributed by atoms with Crippen LogP contribution in [0.15, 0.2) is 12.3 Å². The molecule has 1 aromatic heterocycles. The molecule has 0 aliphatic rings. The molecule has 0 aliphatic heterocycles. The third-order valence-corrected chi connectivity index (χ3v) is 2.37. The normalized spacial score (nSPS) is 10.1. The second kappa shape index (κ2) is 5.07. The van der Waals surface area contributed by atoms with Crippen molar-refractivity contribution in [3.8, 4) is 0 Å². The molecule has 82 valence electrons. The van der Waals surface area contributed by atoms with Gasteiger partial charge in [0.25, 0.3) is 5.91 Å². The Bertz CT molecular complexity index is 366. The van der Waals surface area contributed by atoms with Crippen LogP contribution in [0.3, 0.4) is 0 Å². The van der Waals surface area contributed by atoms with Crippen LogP contribution in [-0.2, 0) is 0 Å². The van der Waals surface area contributed by atoms with E-state index in [0.29, 0.717) is 13.1 Å². The number of hydrogen-bond acceptors (Lipinski definition) is 2. The molecule has 5 heteroatoms. The lowest BCUT2D eigenvalue weighted by Crippen LogP contribution is -2.30. The maximum Gasteiger partial charge on any atom is 0.255 e. The molecule has 1 amide bonds. The minimum Gasteiger partial charge on any atom is -0.339 e. The number of nitrogens with zero attached hydrogens (tertiary/aromatic N) is 2. The highest BCUT2D eigenvalue weighted by molar-refractivity contribution is 6.29. The molecule has 15 heavy (non-hydrogen) atoms. The lowest BCUT2D eigenvalue weighted by molar-refractivity contribution is 0.0772. The van der Waals surface area contributed by atoms with Crippen molar-refractivity contribution >= 4 is 17.5 Å². The summed E-state index contributed by atoms with van der Waals surface area (Å²) in [6.45, 7) is 4.89. The number of aromatic nitrogens is 1. The number of carbonyl (C=O) groups is 1. The Morgan fingerprint density at radius 3 is 2.60 bits per heavy atom. The third kappa shape index (κ3) is 2.65. The lowest BCUT2D eigenvalue weighted by atomic mass is 10.2. The van der Waals surface area contributed by atoms with Gasteiger partial charge in [0.05, 0.1) is 5.56 Å². The zero-order valence-electron chi connectivity index (χ0n) is 8.63. The van der Waals surface area contributed by atoms with Gasteiger partial charge in [-0.05, 0) is 19.9 Å². The largest absolute Gasteiger partial charge is 0.339 e. The fraction of sp³-hybridized carbons (Fsp3) is 0.400. The lowest BCUT2D eigenvalue weighted by Gasteiger charge is -2.18. The van der Waals surface area contributed by atoms with Crippen molar-refractivity contribution in [2.45, 2.75) is 13.8 Å². The SMILES string of the molecule is CCN(CC)C(=O)c1cnc(Cl)c(F)c1. The Hall–Kier alpha value is -1.16. The molecule has 0 bridgehead atoms. The molecule has 3 nitrogen and oxygen atoms in total. The monoisotopic (exact) mass is 230 g/mol. The Morgan fingerprint density at radius 1 is 1.53 bits per heavy atom. The van der Waals surface area contributed by atoms with Gasteiger partial charge in [-0.2, -0.15) is 0 Å². The minimum absolute atomic E-state index is 0.217. The average molecular weight is 231 g/mol. The van der Waals surface area contributed by atoms with E-state index >= 15 is 0 Å². The average Bonchev–Trinajstić information content (AvgIpc) is 2.23. The first kappa shape index (κ1) is 11.9. The highest BCUT2D eigenvalue weighted by Gasteiger charge is 2.14. The van der Waals surface area contributed by atoms with Crippen LogP contribution in [0.4, 0.5) is 4.39 Å². The smallest absolute Gasteiger partial charge is 0.255 e. The van der Waals surface area contributed by atoms with Crippen LogP contribution in [0.2, 0.25) is 5.15 Å². The highest BCUT2D eigenvalue weighted by atomic mass is 35.5. The van der Waals surface area contributed by atoms with Gasteiger partial charge in [0.2, 0.25) is 0 Å². The molecule has 0 radical (unpaired) electrons. The van der Waals surface area contributed by atoms with Gasteiger partial charge >= 0.3 is 0 Å². The molecular weight excluding hydrogens is 219 g/mol. The van der Waals surface area contributed by atoms with E-state index in [1.165, 1.54) is 6.20 Å². The minimum atomic E-state index is -0.672. The molecular formula is C10H12ClFN2O. The topological polar surface area (TPSA) is 33.2 Å². The second-order valence-corrected chi connectivity index (χ2v) is 3.33. The summed E-state index contributed by atoms with van der Waals surface area (Å²) in [6, 6.07) is 1.11. The van der Waals surface area contributed by atoms with Gasteiger partial charge in [0, 0.05) is 19.3 Å². The summed E-state index contributed by atoms with van der Waals surface area (Å²) in [4.78, 5) is 16.9. The summed E-state index contributed by atoms with van der Waals surface area (Å²) in [7, 11) is 0. The molecule has 1 rings (SSSR count). The van der Waals surface area contributed by atoms with Crippen LogP contribution < -0.4 is 0 Å². The summed E-state index contributed by atoms with van der Waals surface area (Å²) in [5.41, 5.74) is 0.223. The van der Waals surface area contributed by atoms with Crippen molar-refractivity contribution in [2.24, 2.45) is 0 Å². The van der Waals surface area contributed by atoms with Crippen molar-refractivity contribution in [3.05, 3.63) is 28.8 Å². The quantitative estimate of drug-likeness (QED) is 0.747. The van der Waals surface area contributed by atoms with E-state index in [9.17, 15) is 9.18 Å². The Labute approximate surface area is 92.9 Å². The first-order chi connectivity index (χ1) is 7.10. The highest BCUT2D eigenvalue weighted by Crippen LogP contribution is 2.13. The predicted molar refractivity (Wildman–Crippen MR) is 56.5 cm³/mol. The number of pyridine rings is 1. The molecule has 1 aromatic rings. The van der Waals surface area contributed by atoms with Gasteiger partial charge in [-0.25, -0.2) is 9.37 Å². The molecule has 0 fully saturated rings. The van der Waals surface area contributed by atoms with Crippen LogP contribution >= 0.6 is 11.6 Å². The van der Waals surface area contributed by atoms with Gasteiger partial charge in [-0.15, -0.1) is 0 Å². The zero-order chi connectivity index (χ0) is 11.4. The van der Waals surface area contributed by atoms with Crippen LogP contribution in [0.1, 0.15) is 24.2 Å². The van der Waals surface area contributed by atoms with Crippen LogP contribution in [0, 0.1) is 5.82 Å². The Kier molecular flexibility index (Phi) is 4.03. The van der Waals surface area contributed by atoms with Crippen molar-refractivity contribution in [2.75, 3.05) is 13.1 Å². The summed E-state index contributed by atoms with van der Waals surface area (Å²) in [5, 5.41) is -0.217. The van der Waals surface area contributed by atoms with Gasteiger partial charge in [-0.3, -0.25) is 4.79 Å². The maximum absolute atomic E-state index is 13.0. The summed E-state index contributed by atoms with van der Waals surface area (Å²) in [6.07, 6.45) is 1.28. The molecule has 0 aromatic carbocycles. The summed E-state index contributed by atoms with van der Waals surface area (Å²) in [5.74, 6) is -0.905. The molecule has 1 heterocycles. The fourth-order valence-corrected chi connectivity index (χ4v) is 1.33. The molecule has 0 saturated heterocycles. The Morgan fingerprint density at radius 2 is 2.13 bits per heavy atom. The van der Waals surface area contributed by atoms with E-state index < -0.39 is 5.82 Å². The number of halogens is 2. The fourth-order valence-electron chi connectivity index (χ4n) is 1.23. The molecule has 0 unspecified atom stereocenters. The van der Waals surface area contributed by atoms with Crippen molar-refractivity contribution < 1.29 is 9.18 Å². The van der Waals surface area contributed by atoms with E-state index in [4.69, 9.17) is 11.6 Å². The molecule has 0 spiro atoms. The number of amides is 1. The zero-order valence-corrected chi connectivity index (χ0v) is 9.38. The standard InChI is InChI=1S/C10H12ClFN2O/c1-3-14(4-2)10(15)7-5-8(12)9(11)13-6-7/h5-6H,3-4H2,1-2H3. The summed E-state index contributed by atoms with van der Waals surface area (Å²) >= 11 is 5.42. The van der Waals surface area contributed by atoms with E-state index in [0.717, 1.165) is 6.07 Å². The van der Waals surface area contributed by atoms with E-state index in [-0.39, 0.29) is 16.6 Å². The number of hydrogen-bond donors (Lipinski definition) is 0. The van der Waals surface area contributed by atoms with E-state index in [1.807, 2.05) is 13.8 Å². The summed E-state index contributed by atoms with van der Waals surface area (Å²) < 4.78 is 13.0. The molecule has 0 N–H and O–H groups in total.